The highest BCUT2D eigenvalue weighted by atomic mass is 127. The molecule has 0 fully saturated rings. The van der Waals surface area contributed by atoms with Gasteiger partial charge < -0.3 is 24.7 Å². The molecule has 0 amide bonds. The van der Waals surface area contributed by atoms with Crippen LogP contribution in [0.3, 0.4) is 0 Å². The second-order valence-electron chi connectivity index (χ2n) is 6.85. The molecule has 29 heavy (non-hydrogen) atoms. The van der Waals surface area contributed by atoms with Crippen molar-refractivity contribution in [2.75, 3.05) is 13.1 Å². The second kappa shape index (κ2) is 11.0. The smallest absolute Gasteiger partial charge is 0.191 e. The Balaban J connectivity index is 0.00000300. The minimum atomic E-state index is -1.12. The molecule has 0 radical (unpaired) electrons. The van der Waals surface area contributed by atoms with Crippen molar-refractivity contribution in [1.82, 2.24) is 20.2 Å². The molecular weight excluding hydrogens is 481 g/mol. The third-order valence-electron chi connectivity index (χ3n) is 4.36. The molecule has 3 rings (SSSR count). The highest BCUT2D eigenvalue weighted by Gasteiger charge is 2.26. The van der Waals surface area contributed by atoms with Crippen LogP contribution in [0, 0.1) is 0 Å². The van der Waals surface area contributed by atoms with E-state index in [0.717, 1.165) is 18.7 Å². The first-order valence-electron chi connectivity index (χ1n) is 9.39. The summed E-state index contributed by atoms with van der Waals surface area (Å²) >= 11 is 0. The van der Waals surface area contributed by atoms with Crippen LogP contribution in [-0.2, 0) is 18.7 Å². The van der Waals surface area contributed by atoms with Crippen LogP contribution in [0.2, 0.25) is 0 Å². The number of benzene rings is 1. The summed E-state index contributed by atoms with van der Waals surface area (Å²) in [7, 11) is 0. The molecule has 0 aliphatic heterocycles. The first-order chi connectivity index (χ1) is 13.6. The van der Waals surface area contributed by atoms with Gasteiger partial charge in [-0.15, -0.1) is 24.0 Å². The Morgan fingerprint density at radius 2 is 1.97 bits per heavy atom. The molecule has 1 atom stereocenters. The number of nitrogens with one attached hydrogen (secondary N) is 2. The van der Waals surface area contributed by atoms with E-state index >= 15 is 0 Å². The fraction of sp³-hybridized carbons (Fsp3) is 0.333. The zero-order chi connectivity index (χ0) is 19.8. The van der Waals surface area contributed by atoms with Crippen molar-refractivity contribution in [3.8, 4) is 0 Å². The van der Waals surface area contributed by atoms with Crippen molar-refractivity contribution in [2.24, 2.45) is 4.99 Å². The molecule has 0 bridgehead atoms. The Labute approximate surface area is 188 Å². The highest BCUT2D eigenvalue weighted by molar-refractivity contribution is 14.0. The maximum Gasteiger partial charge on any atom is 0.191 e. The van der Waals surface area contributed by atoms with Gasteiger partial charge in [-0.25, -0.2) is 9.98 Å². The molecule has 0 saturated heterocycles. The van der Waals surface area contributed by atoms with Crippen molar-refractivity contribution < 1.29 is 9.52 Å². The number of aromatic nitrogens is 2. The fourth-order valence-electron chi connectivity index (χ4n) is 2.78. The summed E-state index contributed by atoms with van der Waals surface area (Å²) in [5.41, 5.74) is 1.21. The molecule has 8 heteroatoms. The average molecular weight is 509 g/mol. The van der Waals surface area contributed by atoms with Crippen molar-refractivity contribution in [3.05, 3.63) is 78.3 Å². The number of imidazole rings is 1. The zero-order valence-electron chi connectivity index (χ0n) is 16.7. The Kier molecular flexibility index (Phi) is 8.71. The number of aliphatic hydroxyl groups is 1. The normalized spacial score (nSPS) is 13.4. The van der Waals surface area contributed by atoms with E-state index in [1.54, 1.807) is 31.5 Å². The second-order valence-corrected chi connectivity index (χ2v) is 6.85. The lowest BCUT2D eigenvalue weighted by atomic mass is 10.0. The van der Waals surface area contributed by atoms with E-state index in [4.69, 9.17) is 4.42 Å². The summed E-state index contributed by atoms with van der Waals surface area (Å²) in [6.07, 6.45) is 7.09. The molecular formula is C21H28IN5O2. The number of guanidine groups is 1. The van der Waals surface area contributed by atoms with Gasteiger partial charge in [-0.05, 0) is 37.1 Å². The van der Waals surface area contributed by atoms with Gasteiger partial charge in [0.05, 0.1) is 25.7 Å². The van der Waals surface area contributed by atoms with Crippen LogP contribution in [0.1, 0.15) is 30.7 Å². The zero-order valence-corrected chi connectivity index (χ0v) is 19.0. The molecule has 0 saturated carbocycles. The molecule has 2 heterocycles. The average Bonchev–Trinajstić information content (AvgIpc) is 3.39. The van der Waals surface area contributed by atoms with Crippen LogP contribution in [0.25, 0.3) is 0 Å². The minimum Gasteiger partial charge on any atom is -0.466 e. The maximum atomic E-state index is 10.6. The highest BCUT2D eigenvalue weighted by Crippen LogP contribution is 2.19. The first kappa shape index (κ1) is 23.0. The lowest BCUT2D eigenvalue weighted by Gasteiger charge is -2.22. The number of nitrogens with zero attached hydrogens (tertiary/aromatic N) is 3. The van der Waals surface area contributed by atoms with E-state index < -0.39 is 5.60 Å². The summed E-state index contributed by atoms with van der Waals surface area (Å²) in [6.45, 7) is 6.09. The van der Waals surface area contributed by atoms with E-state index in [-0.39, 0.29) is 30.5 Å². The van der Waals surface area contributed by atoms with Crippen molar-refractivity contribution in [1.29, 1.82) is 0 Å². The predicted molar refractivity (Wildman–Crippen MR) is 124 cm³/mol. The van der Waals surface area contributed by atoms with Crippen LogP contribution in [0.15, 0.2) is 70.8 Å². The maximum absolute atomic E-state index is 10.6. The molecule has 0 aliphatic carbocycles. The Hall–Kier alpha value is -2.33. The van der Waals surface area contributed by atoms with Gasteiger partial charge in [0.2, 0.25) is 0 Å². The topological polar surface area (TPSA) is 87.6 Å². The van der Waals surface area contributed by atoms with Gasteiger partial charge in [0.15, 0.2) is 5.96 Å². The molecule has 2 aromatic heterocycles. The summed E-state index contributed by atoms with van der Waals surface area (Å²) in [5.74, 6) is 1.17. The number of aliphatic imine (C=N–C) groups is 1. The van der Waals surface area contributed by atoms with E-state index in [1.807, 2.05) is 24.0 Å². The molecule has 1 aromatic carbocycles. The number of hydrogen-bond acceptors (Lipinski definition) is 4. The summed E-state index contributed by atoms with van der Waals surface area (Å²) < 4.78 is 7.35. The SMILES string of the molecule is CCNC(=NCc1ccc(Cn2ccnc2)cc1)NCC(C)(O)c1ccco1.I. The Morgan fingerprint density at radius 1 is 1.21 bits per heavy atom. The lowest BCUT2D eigenvalue weighted by Crippen LogP contribution is -2.44. The van der Waals surface area contributed by atoms with Crippen molar-refractivity contribution in [3.63, 3.8) is 0 Å². The van der Waals surface area contributed by atoms with E-state index in [9.17, 15) is 5.11 Å². The van der Waals surface area contributed by atoms with Crippen molar-refractivity contribution >= 4 is 29.9 Å². The molecule has 3 N–H and O–H groups in total. The van der Waals surface area contributed by atoms with Crippen LogP contribution in [0.5, 0.6) is 0 Å². The van der Waals surface area contributed by atoms with Crippen LogP contribution in [-0.4, -0.2) is 33.7 Å². The van der Waals surface area contributed by atoms with Gasteiger partial charge in [-0.1, -0.05) is 24.3 Å². The van der Waals surface area contributed by atoms with Crippen molar-refractivity contribution in [2.45, 2.75) is 32.5 Å². The van der Waals surface area contributed by atoms with Gasteiger partial charge in [0.25, 0.3) is 0 Å². The lowest BCUT2D eigenvalue weighted by molar-refractivity contribution is 0.0386. The molecule has 3 aromatic rings. The largest absolute Gasteiger partial charge is 0.466 e. The third-order valence-corrected chi connectivity index (χ3v) is 4.36. The first-order valence-corrected chi connectivity index (χ1v) is 9.39. The molecule has 0 aliphatic rings. The number of furan rings is 1. The van der Waals surface area contributed by atoms with Gasteiger partial charge in [0, 0.05) is 25.5 Å². The van der Waals surface area contributed by atoms with Gasteiger partial charge in [0.1, 0.15) is 11.4 Å². The number of rotatable bonds is 8. The Bertz CT molecular complexity index is 859. The van der Waals surface area contributed by atoms with Crippen LogP contribution >= 0.6 is 24.0 Å². The quantitative estimate of drug-likeness (QED) is 0.247. The summed E-state index contributed by atoms with van der Waals surface area (Å²) in [4.78, 5) is 8.67. The van der Waals surface area contributed by atoms with Crippen LogP contribution in [0.4, 0.5) is 0 Å². The molecule has 0 spiro atoms. The Morgan fingerprint density at radius 3 is 2.59 bits per heavy atom. The van der Waals surface area contributed by atoms with Gasteiger partial charge >= 0.3 is 0 Å². The molecule has 1 unspecified atom stereocenters. The summed E-state index contributed by atoms with van der Waals surface area (Å²) in [6, 6.07) is 11.9. The van der Waals surface area contributed by atoms with E-state index in [2.05, 4.69) is 44.9 Å². The standard InChI is InChI=1S/C21H27N5O2.HI/c1-3-23-20(25-15-21(2,27)19-5-4-12-28-19)24-13-17-6-8-18(9-7-17)14-26-11-10-22-16-26;/h4-12,16,27H,3,13-15H2,1-2H3,(H2,23,24,25);1H. The fourth-order valence-corrected chi connectivity index (χ4v) is 2.78. The number of halogens is 1. The summed E-state index contributed by atoms with van der Waals surface area (Å²) in [5, 5.41) is 16.9. The predicted octanol–water partition coefficient (Wildman–Crippen LogP) is 3.11. The van der Waals surface area contributed by atoms with Gasteiger partial charge in [-0.3, -0.25) is 0 Å². The third kappa shape index (κ3) is 6.90. The minimum absolute atomic E-state index is 0. The van der Waals surface area contributed by atoms with E-state index in [0.29, 0.717) is 18.3 Å². The van der Waals surface area contributed by atoms with Crippen LogP contribution < -0.4 is 10.6 Å². The van der Waals surface area contributed by atoms with Gasteiger partial charge in [-0.2, -0.15) is 0 Å². The number of hydrogen-bond donors (Lipinski definition) is 3. The molecule has 156 valence electrons. The molecule has 7 nitrogen and oxygen atoms in total. The monoisotopic (exact) mass is 509 g/mol. The van der Waals surface area contributed by atoms with E-state index in [1.165, 1.54) is 5.56 Å².